The van der Waals surface area contributed by atoms with Crippen LogP contribution >= 0.6 is 34.9 Å². The molecule has 15 nitrogen and oxygen atoms in total. The number of imide groups is 1. The van der Waals surface area contributed by atoms with E-state index in [2.05, 4.69) is 110 Å². The van der Waals surface area contributed by atoms with E-state index in [4.69, 9.17) is 45.5 Å². The molecule has 4 aromatic carbocycles. The van der Waals surface area contributed by atoms with Crippen molar-refractivity contribution in [1.29, 1.82) is 0 Å². The number of anilines is 3. The monoisotopic (exact) mass is 1070 g/mol. The normalized spacial score (nSPS) is 17.2. The molecule has 0 radical (unpaired) electrons. The predicted molar refractivity (Wildman–Crippen MR) is 299 cm³/mol. The molecule has 2 aromatic heterocycles. The number of hydrogen-bond donors (Lipinski definition) is 4. The number of aryl methyl sites for hydroxylation is 1. The first kappa shape index (κ1) is 57.5. The quantitative estimate of drug-likeness (QED) is 0.0442. The number of aldehydes is 2. The second kappa shape index (κ2) is 26.6. The summed E-state index contributed by atoms with van der Waals surface area (Å²) in [7, 11) is 2.00. The summed E-state index contributed by atoms with van der Waals surface area (Å²) in [5.74, 6) is 0.664. The zero-order valence-corrected chi connectivity index (χ0v) is 45.7. The van der Waals surface area contributed by atoms with Crippen molar-refractivity contribution in [2.24, 2.45) is 0 Å². The highest BCUT2D eigenvalue weighted by Gasteiger charge is 2.50. The van der Waals surface area contributed by atoms with Crippen molar-refractivity contribution in [3.8, 4) is 16.2 Å². The predicted octanol–water partition coefficient (Wildman–Crippen LogP) is 10.7. The van der Waals surface area contributed by atoms with Gasteiger partial charge in [0.25, 0.3) is 6.01 Å². The van der Waals surface area contributed by atoms with Gasteiger partial charge in [-0.3, -0.25) is 24.0 Å². The zero-order chi connectivity index (χ0) is 53.6. The fourth-order valence-electron chi connectivity index (χ4n) is 10.2. The molecular formula is C56H69ClN6O9S2. The zero-order valence-electron chi connectivity index (χ0n) is 43.3. The molecular weight excluding hydrogens is 1000 g/mol. The van der Waals surface area contributed by atoms with E-state index in [1.165, 1.54) is 38.8 Å². The molecule has 18 heteroatoms. The Morgan fingerprint density at radius 3 is 2.32 bits per heavy atom. The number of rotatable bonds is 19. The van der Waals surface area contributed by atoms with Crippen LogP contribution in [0.1, 0.15) is 111 Å². The number of carbonyl (C=O) groups excluding carboxylic acids is 5. The first-order valence-electron chi connectivity index (χ1n) is 25.0. The summed E-state index contributed by atoms with van der Waals surface area (Å²) in [6.45, 7) is 13.7. The Balaban J connectivity index is 0.000000925. The molecule has 3 aliphatic rings. The summed E-state index contributed by atoms with van der Waals surface area (Å²) in [5.41, 5.74) is 8.45. The standard InChI is InChI=1S/C52H58ClN5O5S2.C2H3NO2.2CH4O/c1-6-9-34(3)57(32-61)43-16-15-40(41-13-7-10-33(2)46(41)43)35-18-23-56(24-19-35)50-55-42-29-37(14-17-44(42)63-50)52(21-22-52)65-58-25-20-39(30-51(58,4)5)54-38-12-8-11-36(28-38)49-47(53)48(62-27-26-59)45(31-60)64-49;4-1-3-2-5;2*1-2/h7-8,10-17,26,28-29,31-32,34-35,39,54H,6,9,18-25,27,30H2,1-5H3;1-2H,(H,3,4,5);2*2H,1H3. The number of amides is 3. The van der Waals surface area contributed by atoms with Gasteiger partial charge in [-0.1, -0.05) is 79.4 Å². The number of fused-ring (bicyclic) bond motifs is 2. The number of halogens is 1. The van der Waals surface area contributed by atoms with Crippen LogP contribution in [0.25, 0.3) is 32.3 Å². The van der Waals surface area contributed by atoms with Crippen LogP contribution in [-0.4, -0.2) is 109 Å². The Bertz CT molecular complexity index is 2860. The highest BCUT2D eigenvalue weighted by atomic mass is 35.5. The smallest absolute Gasteiger partial charge is 0.298 e. The number of carbonyl (C=O) groups is 5. The first-order valence-corrected chi connectivity index (χ1v) is 27.0. The molecule has 1 saturated carbocycles. The Labute approximate surface area is 447 Å². The van der Waals surface area contributed by atoms with Gasteiger partial charge in [-0.05, 0) is 137 Å². The van der Waals surface area contributed by atoms with Gasteiger partial charge in [-0.15, -0.1) is 11.3 Å². The third-order valence-corrected chi connectivity index (χ3v) is 17.4. The molecule has 4 N–H and O–H groups in total. The number of ether oxygens (including phenoxy) is 1. The van der Waals surface area contributed by atoms with Crippen molar-refractivity contribution < 1.29 is 43.3 Å². The number of hydrogen-bond acceptors (Lipinski definition) is 15. The van der Waals surface area contributed by atoms with E-state index in [9.17, 15) is 14.4 Å². The van der Waals surface area contributed by atoms with Crippen LogP contribution in [0.5, 0.6) is 5.75 Å². The number of aliphatic hydroxyl groups is 2. The van der Waals surface area contributed by atoms with E-state index in [1.807, 2.05) is 29.0 Å². The summed E-state index contributed by atoms with van der Waals surface area (Å²) < 4.78 is 14.6. The molecule has 6 aromatic rings. The van der Waals surface area contributed by atoms with Crippen LogP contribution in [0.4, 0.5) is 17.4 Å². The lowest BCUT2D eigenvalue weighted by Crippen LogP contribution is -2.50. The van der Waals surface area contributed by atoms with Crippen molar-refractivity contribution in [3.63, 3.8) is 0 Å². The minimum atomic E-state index is -0.163. The van der Waals surface area contributed by atoms with Gasteiger partial charge in [0.1, 0.15) is 22.0 Å². The maximum absolute atomic E-state index is 12.4. The molecule has 2 aliphatic heterocycles. The summed E-state index contributed by atoms with van der Waals surface area (Å²) in [6.07, 6.45) is 11.2. The average Bonchev–Trinajstić information content (AvgIpc) is 3.96. The minimum absolute atomic E-state index is 0.0274. The largest absolute Gasteiger partial charge is 0.483 e. The van der Waals surface area contributed by atoms with Gasteiger partial charge >= 0.3 is 0 Å². The lowest BCUT2D eigenvalue weighted by molar-refractivity contribution is -0.117. The van der Waals surface area contributed by atoms with E-state index >= 15 is 0 Å². The van der Waals surface area contributed by atoms with Gasteiger partial charge in [-0.2, -0.15) is 4.98 Å². The summed E-state index contributed by atoms with van der Waals surface area (Å²) in [4.78, 5) is 63.6. The topological polar surface area (TPSA) is 195 Å². The molecule has 3 fully saturated rings. The van der Waals surface area contributed by atoms with Crippen molar-refractivity contribution in [1.82, 2.24) is 14.6 Å². The summed E-state index contributed by atoms with van der Waals surface area (Å²) in [6, 6.07) is 26.8. The Morgan fingerprint density at radius 2 is 1.69 bits per heavy atom. The Kier molecular flexibility index (Phi) is 20.7. The Morgan fingerprint density at radius 1 is 0.959 bits per heavy atom. The van der Waals surface area contributed by atoms with E-state index in [0.717, 1.165) is 131 Å². The van der Waals surface area contributed by atoms with E-state index < -0.39 is 0 Å². The van der Waals surface area contributed by atoms with Gasteiger partial charge in [0.2, 0.25) is 19.2 Å². The maximum Gasteiger partial charge on any atom is 0.298 e. The van der Waals surface area contributed by atoms with E-state index in [1.54, 1.807) is 5.32 Å². The molecule has 9 rings (SSSR count). The van der Waals surface area contributed by atoms with Crippen molar-refractivity contribution in [2.45, 2.75) is 114 Å². The fourth-order valence-corrected chi connectivity index (χ4v) is 13.0. The third kappa shape index (κ3) is 13.0. The Hall–Kier alpha value is -5.82. The van der Waals surface area contributed by atoms with E-state index in [0.29, 0.717) is 40.9 Å². The molecule has 2 atom stereocenters. The average molecular weight is 1070 g/mol. The highest BCUT2D eigenvalue weighted by molar-refractivity contribution is 7.98. The lowest BCUT2D eigenvalue weighted by atomic mass is 9.85. The van der Waals surface area contributed by atoms with Crippen LogP contribution in [0.15, 0.2) is 77.2 Å². The molecule has 2 saturated heterocycles. The van der Waals surface area contributed by atoms with Crippen LogP contribution in [0.2, 0.25) is 5.02 Å². The molecule has 74 heavy (non-hydrogen) atoms. The number of oxazole rings is 1. The molecule has 396 valence electrons. The maximum atomic E-state index is 12.4. The summed E-state index contributed by atoms with van der Waals surface area (Å²) >= 11 is 9.94. The van der Waals surface area contributed by atoms with Gasteiger partial charge in [0.05, 0.1) is 15.3 Å². The van der Waals surface area contributed by atoms with E-state index in [-0.39, 0.29) is 34.7 Å². The SMILES string of the molecule is CCCC(C)N(C=O)c1ccc(C2CCN(c3nc4cc(C5(SN6CCC(Nc7cccc(-c8sc(C=O)c(OCC=O)c8Cl)c7)CC6(C)C)CC5)ccc4o3)CC2)c2cccc(C)c12.CO.CO.O=CNC=O. The summed E-state index contributed by atoms with van der Waals surface area (Å²) in [5, 5.41) is 22.3. The second-order valence-corrected chi connectivity index (χ2v) is 21.9. The fraction of sp³-hybridized carbons (Fsp3) is 0.429. The number of benzene rings is 4. The van der Waals surface area contributed by atoms with Crippen molar-refractivity contribution in [3.05, 3.63) is 99.4 Å². The number of nitrogens with one attached hydrogen (secondary N) is 2. The molecule has 2 unspecified atom stereocenters. The van der Waals surface area contributed by atoms with Crippen molar-refractivity contribution >= 4 is 106 Å². The second-order valence-electron chi connectivity index (χ2n) is 19.1. The van der Waals surface area contributed by atoms with Crippen LogP contribution in [0.3, 0.4) is 0 Å². The lowest BCUT2D eigenvalue weighted by Gasteiger charge is -2.46. The number of piperidine rings is 2. The number of thiophene rings is 1. The molecule has 0 spiro atoms. The van der Waals surface area contributed by atoms with Gasteiger partial charge in [-0.25, -0.2) is 4.31 Å². The van der Waals surface area contributed by atoms with Crippen LogP contribution in [-0.2, 0) is 23.9 Å². The van der Waals surface area contributed by atoms with Crippen LogP contribution in [0, 0.1) is 6.92 Å². The number of aromatic nitrogens is 1. The molecule has 0 bridgehead atoms. The first-order chi connectivity index (χ1) is 35.9. The minimum Gasteiger partial charge on any atom is -0.483 e. The molecule has 3 amide bonds. The van der Waals surface area contributed by atoms with Gasteiger partial charge in [0.15, 0.2) is 23.9 Å². The van der Waals surface area contributed by atoms with Crippen molar-refractivity contribution in [2.75, 3.05) is 55.6 Å². The number of aliphatic hydroxyl groups excluding tert-OH is 2. The highest BCUT2D eigenvalue weighted by Crippen LogP contribution is 2.60. The molecule has 1 aliphatic carbocycles. The molecule has 4 heterocycles. The third-order valence-electron chi connectivity index (χ3n) is 13.9. The number of nitrogens with zero attached hydrogens (tertiary/aromatic N) is 4. The van der Waals surface area contributed by atoms with Crippen LogP contribution < -0.4 is 25.2 Å². The van der Waals surface area contributed by atoms with Gasteiger partial charge in [0, 0.05) is 62.6 Å². The van der Waals surface area contributed by atoms with Gasteiger partial charge < -0.3 is 39.8 Å².